The van der Waals surface area contributed by atoms with Crippen LogP contribution < -0.4 is 11.3 Å². The Kier molecular flexibility index (Phi) is 4.51. The zero-order chi connectivity index (χ0) is 14.8. The summed E-state index contributed by atoms with van der Waals surface area (Å²) in [6.07, 6.45) is 3.44. The minimum atomic E-state index is 0.0428. The van der Waals surface area contributed by atoms with Gasteiger partial charge >= 0.3 is 0 Å². The number of fused-ring (bicyclic) bond motifs is 1. The van der Waals surface area contributed by atoms with Crippen LogP contribution in [-0.4, -0.2) is 0 Å². The van der Waals surface area contributed by atoms with Gasteiger partial charge in [0.2, 0.25) is 0 Å². The fraction of sp³-hybridized carbons (Fsp3) is 0.294. The van der Waals surface area contributed by atoms with Crippen LogP contribution in [-0.2, 0) is 6.42 Å². The Balaban J connectivity index is 1.99. The van der Waals surface area contributed by atoms with Gasteiger partial charge in [-0.25, -0.2) is 0 Å². The van der Waals surface area contributed by atoms with E-state index >= 15 is 0 Å². The first-order valence-corrected chi connectivity index (χ1v) is 7.95. The standard InChI is InChI=1S/C17H18Cl2N2/c18-15-9-8-12(10-16(15)19)17(21-20)14-7-3-5-11-4-1-2-6-13(11)14/h1-2,4,6,8-10,14,17,21H,3,5,7,20H2. The normalized spacial score (nSPS) is 19.1. The molecule has 0 heterocycles. The second-order valence-electron chi connectivity index (χ2n) is 5.52. The van der Waals surface area contributed by atoms with Gasteiger partial charge in [-0.2, -0.15) is 0 Å². The van der Waals surface area contributed by atoms with Gasteiger partial charge in [-0.1, -0.05) is 53.5 Å². The summed E-state index contributed by atoms with van der Waals surface area (Å²) < 4.78 is 0. The van der Waals surface area contributed by atoms with Crippen molar-refractivity contribution in [3.05, 3.63) is 69.2 Å². The Morgan fingerprint density at radius 2 is 1.90 bits per heavy atom. The molecule has 0 amide bonds. The van der Waals surface area contributed by atoms with Gasteiger partial charge in [0.15, 0.2) is 0 Å². The molecule has 0 bridgehead atoms. The Bertz CT molecular complexity index is 642. The van der Waals surface area contributed by atoms with E-state index in [-0.39, 0.29) is 6.04 Å². The van der Waals surface area contributed by atoms with E-state index < -0.39 is 0 Å². The highest BCUT2D eigenvalue weighted by atomic mass is 35.5. The summed E-state index contributed by atoms with van der Waals surface area (Å²) in [5.41, 5.74) is 6.86. The number of benzene rings is 2. The van der Waals surface area contributed by atoms with E-state index in [1.165, 1.54) is 17.5 Å². The highest BCUT2D eigenvalue weighted by molar-refractivity contribution is 6.42. The van der Waals surface area contributed by atoms with Gasteiger partial charge in [0, 0.05) is 5.92 Å². The number of halogens is 2. The molecule has 2 aromatic rings. The molecule has 4 heteroatoms. The molecule has 3 N–H and O–H groups in total. The molecule has 0 fully saturated rings. The van der Waals surface area contributed by atoms with Crippen LogP contribution in [0.1, 0.15) is 41.5 Å². The van der Waals surface area contributed by atoms with Crippen molar-refractivity contribution < 1.29 is 0 Å². The van der Waals surface area contributed by atoms with Crippen LogP contribution in [0, 0.1) is 0 Å². The van der Waals surface area contributed by atoms with Crippen LogP contribution in [0.4, 0.5) is 0 Å². The third-order valence-corrected chi connectivity index (χ3v) is 5.04. The highest BCUT2D eigenvalue weighted by Gasteiger charge is 2.28. The van der Waals surface area contributed by atoms with Crippen LogP contribution in [0.2, 0.25) is 10.0 Å². The lowest BCUT2D eigenvalue weighted by Gasteiger charge is -2.32. The topological polar surface area (TPSA) is 38.0 Å². The first-order chi connectivity index (χ1) is 10.2. The van der Waals surface area contributed by atoms with Crippen molar-refractivity contribution >= 4 is 23.2 Å². The monoisotopic (exact) mass is 320 g/mol. The van der Waals surface area contributed by atoms with E-state index in [2.05, 4.69) is 29.7 Å². The molecule has 0 saturated heterocycles. The predicted octanol–water partition coefficient (Wildman–Crippen LogP) is 4.62. The van der Waals surface area contributed by atoms with Gasteiger partial charge in [-0.3, -0.25) is 11.3 Å². The Hall–Kier alpha value is -1.06. The maximum atomic E-state index is 6.15. The van der Waals surface area contributed by atoms with Crippen molar-refractivity contribution in [3.8, 4) is 0 Å². The van der Waals surface area contributed by atoms with Crippen molar-refractivity contribution in [3.63, 3.8) is 0 Å². The van der Waals surface area contributed by atoms with E-state index in [0.717, 1.165) is 18.4 Å². The maximum absolute atomic E-state index is 6.15. The molecule has 21 heavy (non-hydrogen) atoms. The number of rotatable bonds is 3. The smallest absolute Gasteiger partial charge is 0.0595 e. The third kappa shape index (κ3) is 2.95. The molecule has 2 atom stereocenters. The van der Waals surface area contributed by atoms with Gasteiger partial charge < -0.3 is 0 Å². The summed E-state index contributed by atoms with van der Waals surface area (Å²) in [5.74, 6) is 6.21. The van der Waals surface area contributed by atoms with E-state index in [1.807, 2.05) is 18.2 Å². The molecule has 110 valence electrons. The van der Waals surface area contributed by atoms with Gasteiger partial charge in [0.25, 0.3) is 0 Å². The Labute approximate surface area is 135 Å². The van der Waals surface area contributed by atoms with Crippen LogP contribution in [0.25, 0.3) is 0 Å². The maximum Gasteiger partial charge on any atom is 0.0595 e. The van der Waals surface area contributed by atoms with Crippen LogP contribution in [0.3, 0.4) is 0 Å². The number of hydrogen-bond acceptors (Lipinski definition) is 2. The lowest BCUT2D eigenvalue weighted by atomic mass is 9.77. The number of aryl methyl sites for hydroxylation is 1. The highest BCUT2D eigenvalue weighted by Crippen LogP contribution is 2.40. The van der Waals surface area contributed by atoms with E-state index in [4.69, 9.17) is 29.0 Å². The zero-order valence-corrected chi connectivity index (χ0v) is 13.2. The quantitative estimate of drug-likeness (QED) is 0.639. The fourth-order valence-electron chi connectivity index (χ4n) is 3.29. The van der Waals surface area contributed by atoms with Crippen molar-refractivity contribution in [2.75, 3.05) is 0 Å². The SMILES string of the molecule is NNC(c1ccc(Cl)c(Cl)c1)C1CCCc2ccccc21. The first-order valence-electron chi connectivity index (χ1n) is 7.19. The zero-order valence-electron chi connectivity index (χ0n) is 11.7. The largest absolute Gasteiger partial charge is 0.271 e. The second-order valence-corrected chi connectivity index (χ2v) is 6.33. The molecule has 0 radical (unpaired) electrons. The lowest BCUT2D eigenvalue weighted by molar-refractivity contribution is 0.408. The summed E-state index contributed by atoms with van der Waals surface area (Å²) >= 11 is 12.2. The van der Waals surface area contributed by atoms with Crippen molar-refractivity contribution in [1.82, 2.24) is 5.43 Å². The van der Waals surface area contributed by atoms with Gasteiger partial charge in [0.05, 0.1) is 16.1 Å². The Morgan fingerprint density at radius 3 is 2.67 bits per heavy atom. The van der Waals surface area contributed by atoms with Crippen molar-refractivity contribution in [1.29, 1.82) is 0 Å². The van der Waals surface area contributed by atoms with Crippen LogP contribution in [0.15, 0.2) is 42.5 Å². The Morgan fingerprint density at radius 1 is 1.10 bits per heavy atom. The van der Waals surface area contributed by atoms with Crippen molar-refractivity contribution in [2.45, 2.75) is 31.2 Å². The molecule has 0 spiro atoms. The minimum Gasteiger partial charge on any atom is -0.271 e. The number of nitrogens with two attached hydrogens (primary N) is 1. The molecule has 0 saturated carbocycles. The van der Waals surface area contributed by atoms with Gasteiger partial charge in [-0.15, -0.1) is 0 Å². The summed E-state index contributed by atoms with van der Waals surface area (Å²) in [6.45, 7) is 0. The van der Waals surface area contributed by atoms with E-state index in [9.17, 15) is 0 Å². The molecule has 3 rings (SSSR count). The first kappa shape index (κ1) is 14.9. The van der Waals surface area contributed by atoms with Crippen LogP contribution >= 0.6 is 23.2 Å². The average Bonchev–Trinajstić information content (AvgIpc) is 2.52. The molecule has 2 unspecified atom stereocenters. The minimum absolute atomic E-state index is 0.0428. The molecular weight excluding hydrogens is 303 g/mol. The summed E-state index contributed by atoms with van der Waals surface area (Å²) in [4.78, 5) is 0. The number of nitrogens with one attached hydrogen (secondary N) is 1. The third-order valence-electron chi connectivity index (χ3n) is 4.30. The molecule has 0 aliphatic heterocycles. The molecule has 0 aromatic heterocycles. The number of hydrazine groups is 1. The molecule has 2 aromatic carbocycles. The average molecular weight is 321 g/mol. The van der Waals surface area contributed by atoms with Crippen LogP contribution in [0.5, 0.6) is 0 Å². The summed E-state index contributed by atoms with van der Waals surface area (Å²) in [5, 5.41) is 1.14. The predicted molar refractivity (Wildman–Crippen MR) is 88.6 cm³/mol. The van der Waals surface area contributed by atoms with E-state index in [0.29, 0.717) is 16.0 Å². The van der Waals surface area contributed by atoms with E-state index in [1.54, 1.807) is 0 Å². The van der Waals surface area contributed by atoms with Crippen molar-refractivity contribution in [2.24, 2.45) is 5.84 Å². The molecule has 1 aliphatic carbocycles. The molecule has 2 nitrogen and oxygen atoms in total. The summed E-state index contributed by atoms with van der Waals surface area (Å²) in [7, 11) is 0. The van der Waals surface area contributed by atoms with Gasteiger partial charge in [0.1, 0.15) is 0 Å². The summed E-state index contributed by atoms with van der Waals surface area (Å²) in [6, 6.07) is 14.4. The second kappa shape index (κ2) is 6.37. The van der Waals surface area contributed by atoms with Gasteiger partial charge in [-0.05, 0) is 48.1 Å². The fourth-order valence-corrected chi connectivity index (χ4v) is 3.59. The molecule has 1 aliphatic rings. The lowest BCUT2D eigenvalue weighted by Crippen LogP contribution is -2.34. The molecular formula is C17H18Cl2N2. The number of hydrogen-bond donors (Lipinski definition) is 2.